The Morgan fingerprint density at radius 3 is 2.65 bits per heavy atom. The number of nitrogens with one attached hydrogen (secondary N) is 1. The maximum absolute atomic E-state index is 12.3. The summed E-state index contributed by atoms with van der Waals surface area (Å²) in [7, 11) is 1.59. The Bertz CT molecular complexity index is 489. The van der Waals surface area contributed by atoms with E-state index in [9.17, 15) is 4.79 Å². The van der Waals surface area contributed by atoms with Crippen molar-refractivity contribution < 1.29 is 19.0 Å². The second-order valence-electron chi connectivity index (χ2n) is 5.41. The second-order valence-corrected chi connectivity index (χ2v) is 5.41. The molecular weight excluding hydrogens is 296 g/mol. The fourth-order valence-electron chi connectivity index (χ4n) is 2.47. The zero-order chi connectivity index (χ0) is 16.5. The van der Waals surface area contributed by atoms with Gasteiger partial charge in [-0.05, 0) is 18.6 Å². The van der Waals surface area contributed by atoms with Crippen molar-refractivity contribution in [1.29, 1.82) is 0 Å². The van der Waals surface area contributed by atoms with Crippen molar-refractivity contribution in [2.75, 3.05) is 46.5 Å². The van der Waals surface area contributed by atoms with E-state index in [-0.39, 0.29) is 5.91 Å². The Hall–Kier alpha value is -1.79. The molecule has 1 heterocycles. The SMILES string of the molecule is CC[C@@H](Oc1ccccc1OC)C(=O)NCCN1CCOCC1. The molecule has 2 rings (SSSR count). The van der Waals surface area contributed by atoms with Crippen LogP contribution in [0.25, 0.3) is 0 Å². The smallest absolute Gasteiger partial charge is 0.261 e. The standard InChI is InChI=1S/C17H26N2O4/c1-3-14(23-16-7-5-4-6-15(16)21-2)17(20)18-8-9-19-10-12-22-13-11-19/h4-7,14H,3,8-13H2,1-2H3,(H,18,20)/t14-/m1/s1. The number of para-hydroxylation sites is 2. The summed E-state index contributed by atoms with van der Waals surface area (Å²) in [5, 5.41) is 2.95. The second kappa shape index (κ2) is 9.37. The first-order valence-electron chi connectivity index (χ1n) is 8.12. The third-order valence-corrected chi connectivity index (χ3v) is 3.83. The van der Waals surface area contributed by atoms with Crippen molar-refractivity contribution in [1.82, 2.24) is 10.2 Å². The number of hydrogen-bond donors (Lipinski definition) is 1. The van der Waals surface area contributed by atoms with Gasteiger partial charge >= 0.3 is 0 Å². The van der Waals surface area contributed by atoms with Gasteiger partial charge in [-0.15, -0.1) is 0 Å². The van der Waals surface area contributed by atoms with Crippen LogP contribution in [0.3, 0.4) is 0 Å². The number of benzene rings is 1. The first-order valence-corrected chi connectivity index (χ1v) is 8.12. The highest BCUT2D eigenvalue weighted by Crippen LogP contribution is 2.27. The minimum Gasteiger partial charge on any atom is -0.493 e. The van der Waals surface area contributed by atoms with Crippen molar-refractivity contribution in [2.45, 2.75) is 19.4 Å². The van der Waals surface area contributed by atoms with Gasteiger partial charge in [-0.2, -0.15) is 0 Å². The molecule has 0 aromatic heterocycles. The monoisotopic (exact) mass is 322 g/mol. The molecule has 0 radical (unpaired) electrons. The van der Waals surface area contributed by atoms with Crippen LogP contribution >= 0.6 is 0 Å². The molecule has 6 nitrogen and oxygen atoms in total. The molecule has 0 spiro atoms. The minimum atomic E-state index is -0.518. The van der Waals surface area contributed by atoms with Gasteiger partial charge in [0, 0.05) is 26.2 Å². The van der Waals surface area contributed by atoms with Gasteiger partial charge < -0.3 is 19.5 Å². The van der Waals surface area contributed by atoms with E-state index < -0.39 is 6.10 Å². The molecule has 1 aromatic carbocycles. The van der Waals surface area contributed by atoms with Crippen molar-refractivity contribution in [3.05, 3.63) is 24.3 Å². The fraction of sp³-hybridized carbons (Fsp3) is 0.588. The van der Waals surface area contributed by atoms with Crippen LogP contribution in [0.15, 0.2) is 24.3 Å². The van der Waals surface area contributed by atoms with E-state index in [1.807, 2.05) is 31.2 Å². The number of hydrogen-bond acceptors (Lipinski definition) is 5. The van der Waals surface area contributed by atoms with Crippen LogP contribution in [0, 0.1) is 0 Å². The van der Waals surface area contributed by atoms with E-state index in [0.29, 0.717) is 24.5 Å². The van der Waals surface area contributed by atoms with E-state index in [1.165, 1.54) is 0 Å². The minimum absolute atomic E-state index is 0.0911. The van der Waals surface area contributed by atoms with E-state index >= 15 is 0 Å². The molecule has 0 bridgehead atoms. The van der Waals surface area contributed by atoms with Gasteiger partial charge in [-0.3, -0.25) is 9.69 Å². The normalized spacial score (nSPS) is 16.6. The average molecular weight is 322 g/mol. The lowest BCUT2D eigenvalue weighted by atomic mass is 10.2. The number of amides is 1. The van der Waals surface area contributed by atoms with E-state index in [2.05, 4.69) is 10.2 Å². The zero-order valence-electron chi connectivity index (χ0n) is 13.9. The molecule has 128 valence electrons. The summed E-state index contributed by atoms with van der Waals surface area (Å²) >= 11 is 0. The summed E-state index contributed by atoms with van der Waals surface area (Å²) in [5.41, 5.74) is 0. The molecule has 6 heteroatoms. The predicted octanol–water partition coefficient (Wildman–Crippen LogP) is 1.30. The Kier molecular flexibility index (Phi) is 7.16. The largest absolute Gasteiger partial charge is 0.493 e. The molecule has 23 heavy (non-hydrogen) atoms. The quantitative estimate of drug-likeness (QED) is 0.782. The highest BCUT2D eigenvalue weighted by atomic mass is 16.5. The molecular formula is C17H26N2O4. The van der Waals surface area contributed by atoms with Crippen molar-refractivity contribution in [2.24, 2.45) is 0 Å². The molecule has 0 aliphatic carbocycles. The predicted molar refractivity (Wildman–Crippen MR) is 88.0 cm³/mol. The number of ether oxygens (including phenoxy) is 3. The maximum Gasteiger partial charge on any atom is 0.261 e. The average Bonchev–Trinajstić information content (AvgIpc) is 2.60. The number of carbonyl (C=O) groups is 1. The van der Waals surface area contributed by atoms with Gasteiger partial charge in [0.1, 0.15) is 0 Å². The third kappa shape index (κ3) is 5.41. The van der Waals surface area contributed by atoms with E-state index in [0.717, 1.165) is 32.8 Å². The van der Waals surface area contributed by atoms with Gasteiger partial charge in [-0.1, -0.05) is 19.1 Å². The first kappa shape index (κ1) is 17.6. The topological polar surface area (TPSA) is 60.0 Å². The van der Waals surface area contributed by atoms with Crippen LogP contribution in [-0.4, -0.2) is 63.4 Å². The van der Waals surface area contributed by atoms with Gasteiger partial charge in [0.25, 0.3) is 5.91 Å². The van der Waals surface area contributed by atoms with E-state index in [4.69, 9.17) is 14.2 Å². The van der Waals surface area contributed by atoms with Gasteiger partial charge in [0.05, 0.1) is 20.3 Å². The number of nitrogens with zero attached hydrogens (tertiary/aromatic N) is 1. The summed E-state index contributed by atoms with van der Waals surface area (Å²) in [4.78, 5) is 14.6. The number of morpholine rings is 1. The fourth-order valence-corrected chi connectivity index (χ4v) is 2.47. The van der Waals surface area contributed by atoms with Crippen molar-refractivity contribution >= 4 is 5.91 Å². The highest BCUT2D eigenvalue weighted by molar-refractivity contribution is 5.81. The van der Waals surface area contributed by atoms with Gasteiger partial charge in [0.15, 0.2) is 17.6 Å². The van der Waals surface area contributed by atoms with Crippen molar-refractivity contribution in [3.8, 4) is 11.5 Å². The van der Waals surface area contributed by atoms with Crippen molar-refractivity contribution in [3.63, 3.8) is 0 Å². The van der Waals surface area contributed by atoms with E-state index in [1.54, 1.807) is 7.11 Å². The maximum atomic E-state index is 12.3. The lowest BCUT2D eigenvalue weighted by Gasteiger charge is -2.27. The molecule has 1 amide bonds. The third-order valence-electron chi connectivity index (χ3n) is 3.83. The highest BCUT2D eigenvalue weighted by Gasteiger charge is 2.20. The summed E-state index contributed by atoms with van der Waals surface area (Å²) in [6.07, 6.45) is 0.0810. The van der Waals surface area contributed by atoms with Crippen LogP contribution in [0.2, 0.25) is 0 Å². The van der Waals surface area contributed by atoms with Crippen LogP contribution in [0.4, 0.5) is 0 Å². The number of rotatable bonds is 8. The molecule has 0 unspecified atom stereocenters. The Morgan fingerprint density at radius 2 is 2.00 bits per heavy atom. The lowest BCUT2D eigenvalue weighted by molar-refractivity contribution is -0.128. The summed E-state index contributed by atoms with van der Waals surface area (Å²) in [6.45, 7) is 6.76. The van der Waals surface area contributed by atoms with Gasteiger partial charge in [0.2, 0.25) is 0 Å². The van der Waals surface area contributed by atoms with Crippen LogP contribution in [-0.2, 0) is 9.53 Å². The molecule has 0 saturated carbocycles. The summed E-state index contributed by atoms with van der Waals surface area (Å²) in [5.74, 6) is 1.13. The van der Waals surface area contributed by atoms with Gasteiger partial charge in [-0.25, -0.2) is 0 Å². The Morgan fingerprint density at radius 1 is 1.30 bits per heavy atom. The molecule has 1 atom stereocenters. The van der Waals surface area contributed by atoms with Crippen LogP contribution < -0.4 is 14.8 Å². The first-order chi connectivity index (χ1) is 11.2. The molecule has 1 N–H and O–H groups in total. The number of methoxy groups -OCH3 is 1. The Labute approximate surface area is 137 Å². The summed E-state index contributed by atoms with van der Waals surface area (Å²) in [6, 6.07) is 7.36. The molecule has 1 aliphatic heterocycles. The van der Waals surface area contributed by atoms with Crippen LogP contribution in [0.1, 0.15) is 13.3 Å². The zero-order valence-corrected chi connectivity index (χ0v) is 13.9. The lowest BCUT2D eigenvalue weighted by Crippen LogP contribution is -2.44. The van der Waals surface area contributed by atoms with Crippen LogP contribution in [0.5, 0.6) is 11.5 Å². The molecule has 1 saturated heterocycles. The number of carbonyl (C=O) groups excluding carboxylic acids is 1. The molecule has 1 aromatic rings. The summed E-state index contributed by atoms with van der Waals surface area (Å²) < 4.78 is 16.4. The molecule has 1 fully saturated rings. The molecule has 1 aliphatic rings. The Balaban J connectivity index is 1.80.